The molecule has 3 rings (SSSR count). The number of para-hydroxylation sites is 1. The van der Waals surface area contributed by atoms with Gasteiger partial charge in [-0.25, -0.2) is 4.79 Å². The van der Waals surface area contributed by atoms with Crippen LogP contribution in [0.1, 0.15) is 17.5 Å². The summed E-state index contributed by atoms with van der Waals surface area (Å²) in [6.07, 6.45) is 0.961. The molecule has 25 heavy (non-hydrogen) atoms. The van der Waals surface area contributed by atoms with Crippen LogP contribution in [0.4, 0.5) is 10.5 Å². The van der Waals surface area contributed by atoms with E-state index < -0.39 is 0 Å². The molecule has 1 unspecified atom stereocenters. The molecule has 2 amide bonds. The second-order valence-electron chi connectivity index (χ2n) is 6.30. The number of amides is 2. The van der Waals surface area contributed by atoms with Gasteiger partial charge in [-0.3, -0.25) is 0 Å². The number of hydrogen-bond donors (Lipinski definition) is 2. The van der Waals surface area contributed by atoms with Gasteiger partial charge in [-0.05, 0) is 29.7 Å². The predicted octanol–water partition coefficient (Wildman–Crippen LogP) is 2.91. The molecule has 1 fully saturated rings. The fraction of sp³-hybridized carbons (Fsp3) is 0.350. The average Bonchev–Trinajstić information content (AvgIpc) is 3.10. The van der Waals surface area contributed by atoms with Crippen molar-refractivity contribution in [3.8, 4) is 0 Å². The van der Waals surface area contributed by atoms with Crippen molar-refractivity contribution >= 4 is 11.7 Å². The molecule has 132 valence electrons. The summed E-state index contributed by atoms with van der Waals surface area (Å²) in [4.78, 5) is 14.5. The molecule has 1 saturated heterocycles. The van der Waals surface area contributed by atoms with Gasteiger partial charge in [0.25, 0.3) is 0 Å². The highest BCUT2D eigenvalue weighted by atomic mass is 16.5. The van der Waals surface area contributed by atoms with E-state index in [4.69, 9.17) is 4.74 Å². The number of urea groups is 1. The third-order valence-corrected chi connectivity index (χ3v) is 4.50. The molecular formula is C20H25N3O2. The average molecular weight is 339 g/mol. The van der Waals surface area contributed by atoms with Gasteiger partial charge in [0.2, 0.25) is 0 Å². The zero-order valence-corrected chi connectivity index (χ0v) is 14.6. The molecule has 2 aromatic rings. The molecule has 0 saturated carbocycles. The fourth-order valence-corrected chi connectivity index (χ4v) is 3.19. The van der Waals surface area contributed by atoms with E-state index in [2.05, 4.69) is 27.7 Å². The van der Waals surface area contributed by atoms with E-state index in [0.717, 1.165) is 30.6 Å². The molecule has 0 bridgehead atoms. The summed E-state index contributed by atoms with van der Waals surface area (Å²) in [5, 5.41) is 6.03. The molecule has 1 aliphatic rings. The topological polar surface area (TPSA) is 53.6 Å². The van der Waals surface area contributed by atoms with Crippen LogP contribution in [0, 0.1) is 0 Å². The Hall–Kier alpha value is -2.53. The zero-order valence-electron chi connectivity index (χ0n) is 14.6. The summed E-state index contributed by atoms with van der Waals surface area (Å²) in [5.74, 6) is 0. The first-order valence-corrected chi connectivity index (χ1v) is 8.66. The zero-order chi connectivity index (χ0) is 17.5. The number of nitrogens with one attached hydrogen (secondary N) is 2. The van der Waals surface area contributed by atoms with Crippen LogP contribution in [-0.2, 0) is 17.9 Å². The highest BCUT2D eigenvalue weighted by Gasteiger charge is 2.23. The number of ether oxygens (including phenoxy) is 1. The van der Waals surface area contributed by atoms with Gasteiger partial charge in [-0.1, -0.05) is 42.5 Å². The molecule has 2 N–H and O–H groups in total. The van der Waals surface area contributed by atoms with Crippen LogP contribution in [0.3, 0.4) is 0 Å². The molecule has 0 aliphatic carbocycles. The van der Waals surface area contributed by atoms with Crippen LogP contribution >= 0.6 is 0 Å². The highest BCUT2D eigenvalue weighted by Crippen LogP contribution is 2.19. The van der Waals surface area contributed by atoms with Crippen LogP contribution in [0.15, 0.2) is 54.6 Å². The first-order chi connectivity index (χ1) is 12.3. The van der Waals surface area contributed by atoms with Gasteiger partial charge in [0.15, 0.2) is 0 Å². The van der Waals surface area contributed by atoms with E-state index in [1.165, 1.54) is 5.69 Å². The van der Waals surface area contributed by atoms with Crippen molar-refractivity contribution < 1.29 is 9.53 Å². The molecule has 5 nitrogen and oxygen atoms in total. The summed E-state index contributed by atoms with van der Waals surface area (Å²) in [6, 6.07) is 18.4. The maximum atomic E-state index is 12.2. The quantitative estimate of drug-likeness (QED) is 0.851. The van der Waals surface area contributed by atoms with Gasteiger partial charge in [0.05, 0.1) is 6.61 Å². The van der Waals surface area contributed by atoms with Gasteiger partial charge >= 0.3 is 6.03 Å². The minimum atomic E-state index is -0.118. The Morgan fingerprint density at radius 2 is 1.84 bits per heavy atom. The van der Waals surface area contributed by atoms with Crippen LogP contribution in [0.5, 0.6) is 0 Å². The second kappa shape index (κ2) is 8.53. The van der Waals surface area contributed by atoms with Crippen molar-refractivity contribution in [3.05, 3.63) is 65.7 Å². The number of benzene rings is 2. The molecule has 1 atom stereocenters. The SMILES string of the molecule is COCc1ccccc1CNC(=O)NC1CCN(c2ccccc2)C1. The van der Waals surface area contributed by atoms with Gasteiger partial charge in [0.1, 0.15) is 0 Å². The van der Waals surface area contributed by atoms with Crippen molar-refractivity contribution in [2.45, 2.75) is 25.6 Å². The lowest BCUT2D eigenvalue weighted by atomic mass is 10.1. The van der Waals surface area contributed by atoms with E-state index in [9.17, 15) is 4.79 Å². The van der Waals surface area contributed by atoms with Crippen molar-refractivity contribution in [3.63, 3.8) is 0 Å². The monoisotopic (exact) mass is 339 g/mol. The number of carbonyl (C=O) groups excluding carboxylic acids is 1. The van der Waals surface area contributed by atoms with Crippen molar-refractivity contribution in [1.82, 2.24) is 10.6 Å². The standard InChI is InChI=1S/C20H25N3O2/c1-25-15-17-8-6-5-7-16(17)13-21-20(24)22-18-11-12-23(14-18)19-9-3-2-4-10-19/h2-10,18H,11-15H2,1H3,(H2,21,22,24). The van der Waals surface area contributed by atoms with Crippen LogP contribution in [-0.4, -0.2) is 32.3 Å². The maximum absolute atomic E-state index is 12.2. The van der Waals surface area contributed by atoms with E-state index in [1.807, 2.05) is 42.5 Å². The van der Waals surface area contributed by atoms with Crippen molar-refractivity contribution in [2.24, 2.45) is 0 Å². The molecule has 1 heterocycles. The minimum absolute atomic E-state index is 0.118. The Morgan fingerprint density at radius 1 is 1.12 bits per heavy atom. The molecule has 1 aliphatic heterocycles. The number of hydrogen-bond acceptors (Lipinski definition) is 3. The molecule has 0 aromatic heterocycles. The van der Waals surface area contributed by atoms with Crippen LogP contribution < -0.4 is 15.5 Å². The van der Waals surface area contributed by atoms with Gasteiger partial charge in [-0.2, -0.15) is 0 Å². The van der Waals surface area contributed by atoms with E-state index in [1.54, 1.807) is 7.11 Å². The lowest BCUT2D eigenvalue weighted by molar-refractivity contribution is 0.184. The number of carbonyl (C=O) groups is 1. The predicted molar refractivity (Wildman–Crippen MR) is 99.6 cm³/mol. The molecule has 0 spiro atoms. The van der Waals surface area contributed by atoms with E-state index in [-0.39, 0.29) is 12.1 Å². The number of rotatable bonds is 6. The molecule has 0 radical (unpaired) electrons. The smallest absolute Gasteiger partial charge is 0.315 e. The lowest BCUT2D eigenvalue weighted by Gasteiger charge is -2.19. The van der Waals surface area contributed by atoms with Crippen molar-refractivity contribution in [1.29, 1.82) is 0 Å². The molecular weight excluding hydrogens is 314 g/mol. The summed E-state index contributed by atoms with van der Waals surface area (Å²) in [7, 11) is 1.68. The van der Waals surface area contributed by atoms with Crippen LogP contribution in [0.2, 0.25) is 0 Å². The van der Waals surface area contributed by atoms with E-state index in [0.29, 0.717) is 13.2 Å². The largest absolute Gasteiger partial charge is 0.380 e. The number of nitrogens with zero attached hydrogens (tertiary/aromatic N) is 1. The first kappa shape index (κ1) is 17.3. The van der Waals surface area contributed by atoms with Gasteiger partial charge < -0.3 is 20.3 Å². The third-order valence-electron chi connectivity index (χ3n) is 4.50. The summed E-state index contributed by atoms with van der Waals surface area (Å²) >= 11 is 0. The Morgan fingerprint density at radius 3 is 2.60 bits per heavy atom. The Kier molecular flexibility index (Phi) is 5.90. The molecule has 2 aromatic carbocycles. The Balaban J connectivity index is 1.47. The van der Waals surface area contributed by atoms with Crippen LogP contribution in [0.25, 0.3) is 0 Å². The fourth-order valence-electron chi connectivity index (χ4n) is 3.19. The van der Waals surface area contributed by atoms with Gasteiger partial charge in [-0.15, -0.1) is 0 Å². The second-order valence-corrected chi connectivity index (χ2v) is 6.30. The maximum Gasteiger partial charge on any atom is 0.315 e. The Labute approximate surface area is 149 Å². The highest BCUT2D eigenvalue weighted by molar-refractivity contribution is 5.74. The third kappa shape index (κ3) is 4.73. The summed E-state index contributed by atoms with van der Waals surface area (Å²) in [5.41, 5.74) is 3.39. The number of methoxy groups -OCH3 is 1. The lowest BCUT2D eigenvalue weighted by Crippen LogP contribution is -2.43. The van der Waals surface area contributed by atoms with Crippen molar-refractivity contribution in [2.75, 3.05) is 25.1 Å². The normalized spacial score (nSPS) is 16.7. The number of anilines is 1. The summed E-state index contributed by atoms with van der Waals surface area (Å²) in [6.45, 7) is 2.86. The first-order valence-electron chi connectivity index (χ1n) is 8.66. The molecule has 5 heteroatoms. The van der Waals surface area contributed by atoms with E-state index >= 15 is 0 Å². The minimum Gasteiger partial charge on any atom is -0.380 e. The summed E-state index contributed by atoms with van der Waals surface area (Å²) < 4.78 is 5.20. The Bertz CT molecular complexity index is 690. The van der Waals surface area contributed by atoms with Gasteiger partial charge in [0, 0.05) is 38.5 Å².